The van der Waals surface area contributed by atoms with Crippen LogP contribution in [-0.2, 0) is 4.74 Å². The van der Waals surface area contributed by atoms with Crippen molar-refractivity contribution in [2.75, 3.05) is 32.8 Å². The fourth-order valence-corrected chi connectivity index (χ4v) is 3.46. The average molecular weight is 466 g/mol. The molecule has 2 aliphatic heterocycles. The van der Waals surface area contributed by atoms with E-state index < -0.39 is 0 Å². The van der Waals surface area contributed by atoms with Gasteiger partial charge in [-0.2, -0.15) is 0 Å². The van der Waals surface area contributed by atoms with E-state index in [1.807, 2.05) is 0 Å². The number of fused-ring (bicyclic) bond motifs is 1. The number of hydrogen-bond donors (Lipinski definition) is 2. The van der Waals surface area contributed by atoms with Crippen molar-refractivity contribution in [1.29, 1.82) is 0 Å². The Morgan fingerprint density at radius 3 is 2.80 bits per heavy atom. The summed E-state index contributed by atoms with van der Waals surface area (Å²) >= 11 is 0. The second kappa shape index (κ2) is 10.9. The maximum Gasteiger partial charge on any atom is 0.191 e. The summed E-state index contributed by atoms with van der Waals surface area (Å²) in [6.45, 7) is 16.0. The van der Waals surface area contributed by atoms with Crippen LogP contribution in [0.2, 0.25) is 0 Å². The highest BCUT2D eigenvalue weighted by molar-refractivity contribution is 14.0. The summed E-state index contributed by atoms with van der Waals surface area (Å²) in [5.74, 6) is 0.922. The van der Waals surface area contributed by atoms with Crippen LogP contribution in [-0.4, -0.2) is 61.8 Å². The molecular formula is C19H39IN4O. The molecule has 0 saturated carbocycles. The highest BCUT2D eigenvalue weighted by Gasteiger charge is 2.32. The van der Waals surface area contributed by atoms with Gasteiger partial charge in [-0.05, 0) is 51.5 Å². The van der Waals surface area contributed by atoms with Gasteiger partial charge in [-0.1, -0.05) is 20.8 Å². The Labute approximate surface area is 171 Å². The number of hydrogen-bond acceptors (Lipinski definition) is 3. The number of morpholine rings is 1. The maximum absolute atomic E-state index is 6.01. The first kappa shape index (κ1) is 23.0. The van der Waals surface area contributed by atoms with Crippen LogP contribution in [0.3, 0.4) is 0 Å². The molecule has 0 bridgehead atoms. The van der Waals surface area contributed by atoms with E-state index in [2.05, 4.69) is 50.2 Å². The fourth-order valence-electron chi connectivity index (χ4n) is 3.46. The predicted octanol–water partition coefficient (Wildman–Crippen LogP) is 3.24. The van der Waals surface area contributed by atoms with Gasteiger partial charge in [0.05, 0.1) is 19.3 Å². The van der Waals surface area contributed by atoms with Crippen molar-refractivity contribution in [2.24, 2.45) is 10.4 Å². The lowest BCUT2D eigenvalue weighted by atomic mass is 9.89. The number of guanidine groups is 1. The molecule has 0 aromatic rings. The molecule has 2 rings (SSSR count). The molecule has 3 unspecified atom stereocenters. The highest BCUT2D eigenvalue weighted by atomic mass is 127. The number of halogens is 1. The molecule has 25 heavy (non-hydrogen) atoms. The molecule has 0 aromatic carbocycles. The SMILES string of the molecule is CCNC(=NCC1CN2CCCC2CO1)NC(C)CCC(C)(C)C.I. The van der Waals surface area contributed by atoms with E-state index in [0.717, 1.165) is 38.6 Å². The van der Waals surface area contributed by atoms with Crippen molar-refractivity contribution in [1.82, 2.24) is 15.5 Å². The van der Waals surface area contributed by atoms with Crippen LogP contribution < -0.4 is 10.6 Å². The van der Waals surface area contributed by atoms with Crippen molar-refractivity contribution >= 4 is 29.9 Å². The molecule has 0 spiro atoms. The van der Waals surface area contributed by atoms with Gasteiger partial charge in [-0.15, -0.1) is 24.0 Å². The molecule has 2 aliphatic rings. The Balaban J connectivity index is 0.00000312. The third kappa shape index (κ3) is 8.43. The Bertz CT molecular complexity index is 411. The third-order valence-electron chi connectivity index (χ3n) is 4.97. The van der Waals surface area contributed by atoms with E-state index >= 15 is 0 Å². The molecule has 148 valence electrons. The molecule has 3 atom stereocenters. The second-order valence-corrected chi connectivity index (χ2v) is 8.61. The van der Waals surface area contributed by atoms with Crippen LogP contribution >= 0.6 is 24.0 Å². The largest absolute Gasteiger partial charge is 0.373 e. The summed E-state index contributed by atoms with van der Waals surface area (Å²) < 4.78 is 6.01. The molecular weight excluding hydrogens is 427 g/mol. The summed E-state index contributed by atoms with van der Waals surface area (Å²) in [5.41, 5.74) is 0.383. The first-order valence-corrected chi connectivity index (χ1v) is 9.78. The Morgan fingerprint density at radius 1 is 1.36 bits per heavy atom. The third-order valence-corrected chi connectivity index (χ3v) is 4.97. The van der Waals surface area contributed by atoms with Gasteiger partial charge in [0.1, 0.15) is 0 Å². The van der Waals surface area contributed by atoms with E-state index in [9.17, 15) is 0 Å². The zero-order chi connectivity index (χ0) is 17.6. The van der Waals surface area contributed by atoms with E-state index in [1.165, 1.54) is 25.8 Å². The summed E-state index contributed by atoms with van der Waals surface area (Å²) in [4.78, 5) is 7.36. The highest BCUT2D eigenvalue weighted by Crippen LogP contribution is 2.23. The van der Waals surface area contributed by atoms with Gasteiger partial charge in [-0.3, -0.25) is 9.89 Å². The topological polar surface area (TPSA) is 48.9 Å². The normalized spacial score (nSPS) is 25.9. The molecule has 0 amide bonds. The monoisotopic (exact) mass is 466 g/mol. The molecule has 2 N–H and O–H groups in total. The molecule has 0 aromatic heterocycles. The van der Waals surface area contributed by atoms with Gasteiger partial charge >= 0.3 is 0 Å². The van der Waals surface area contributed by atoms with Crippen LogP contribution in [0.25, 0.3) is 0 Å². The Hall–Kier alpha value is -0.0800. The minimum absolute atomic E-state index is 0. The van der Waals surface area contributed by atoms with E-state index in [4.69, 9.17) is 9.73 Å². The molecule has 2 saturated heterocycles. The minimum atomic E-state index is 0. The molecule has 2 heterocycles. The second-order valence-electron chi connectivity index (χ2n) is 8.61. The van der Waals surface area contributed by atoms with Crippen LogP contribution in [0.15, 0.2) is 4.99 Å². The smallest absolute Gasteiger partial charge is 0.191 e. The summed E-state index contributed by atoms with van der Waals surface area (Å²) in [6, 6.07) is 1.09. The number of nitrogens with zero attached hydrogens (tertiary/aromatic N) is 2. The standard InChI is InChI=1S/C19H38N4O.HI/c1-6-20-18(22-15(2)9-10-19(3,4)5)21-12-17-13-23-11-7-8-16(23)14-24-17;/h15-17H,6-14H2,1-5H3,(H2,20,21,22);1H. The van der Waals surface area contributed by atoms with E-state index in [1.54, 1.807) is 0 Å². The number of rotatable bonds is 6. The van der Waals surface area contributed by atoms with Crippen molar-refractivity contribution in [2.45, 2.75) is 78.5 Å². The van der Waals surface area contributed by atoms with Crippen LogP contribution in [0, 0.1) is 5.41 Å². The predicted molar refractivity (Wildman–Crippen MR) is 117 cm³/mol. The van der Waals surface area contributed by atoms with E-state index in [0.29, 0.717) is 17.5 Å². The van der Waals surface area contributed by atoms with Crippen LogP contribution in [0.1, 0.15) is 60.3 Å². The maximum atomic E-state index is 6.01. The lowest BCUT2D eigenvalue weighted by molar-refractivity contribution is -0.0432. The van der Waals surface area contributed by atoms with Gasteiger partial charge in [0.15, 0.2) is 5.96 Å². The van der Waals surface area contributed by atoms with Gasteiger partial charge in [0.25, 0.3) is 0 Å². The minimum Gasteiger partial charge on any atom is -0.373 e. The quantitative estimate of drug-likeness (QED) is 0.359. The number of aliphatic imine (C=N–C) groups is 1. The van der Waals surface area contributed by atoms with Crippen molar-refractivity contribution in [3.05, 3.63) is 0 Å². The zero-order valence-corrected chi connectivity index (χ0v) is 19.1. The molecule has 0 aliphatic carbocycles. The zero-order valence-electron chi connectivity index (χ0n) is 16.8. The summed E-state index contributed by atoms with van der Waals surface area (Å²) in [7, 11) is 0. The fraction of sp³-hybridized carbons (Fsp3) is 0.947. The molecule has 2 fully saturated rings. The summed E-state index contributed by atoms with van der Waals surface area (Å²) in [6.07, 6.45) is 5.22. The first-order chi connectivity index (χ1) is 11.4. The summed E-state index contributed by atoms with van der Waals surface area (Å²) in [5, 5.41) is 6.91. The van der Waals surface area contributed by atoms with Crippen molar-refractivity contribution in [3.8, 4) is 0 Å². The van der Waals surface area contributed by atoms with Gasteiger partial charge in [0, 0.05) is 25.2 Å². The van der Waals surface area contributed by atoms with Crippen LogP contribution in [0.4, 0.5) is 0 Å². The first-order valence-electron chi connectivity index (χ1n) is 9.78. The van der Waals surface area contributed by atoms with Crippen molar-refractivity contribution < 1.29 is 4.74 Å². The van der Waals surface area contributed by atoms with Gasteiger partial charge in [0.2, 0.25) is 0 Å². The molecule has 5 nitrogen and oxygen atoms in total. The average Bonchev–Trinajstić information content (AvgIpc) is 2.98. The molecule has 0 radical (unpaired) electrons. The van der Waals surface area contributed by atoms with Crippen LogP contribution in [0.5, 0.6) is 0 Å². The lowest BCUT2D eigenvalue weighted by Crippen LogP contribution is -2.48. The number of ether oxygens (including phenoxy) is 1. The molecule has 6 heteroatoms. The van der Waals surface area contributed by atoms with E-state index in [-0.39, 0.29) is 30.1 Å². The Morgan fingerprint density at radius 2 is 2.12 bits per heavy atom. The van der Waals surface area contributed by atoms with Gasteiger partial charge < -0.3 is 15.4 Å². The lowest BCUT2D eigenvalue weighted by Gasteiger charge is -2.34. The van der Waals surface area contributed by atoms with Crippen molar-refractivity contribution in [3.63, 3.8) is 0 Å². The number of nitrogens with one attached hydrogen (secondary N) is 2. The Kier molecular flexibility index (Phi) is 10.0. The van der Waals surface area contributed by atoms with Gasteiger partial charge in [-0.25, -0.2) is 0 Å².